The molecule has 0 aliphatic rings. The van der Waals surface area contributed by atoms with Crippen LogP contribution in [0.25, 0.3) is 21.7 Å². The Morgan fingerprint density at radius 3 is 2.42 bits per heavy atom. The van der Waals surface area contributed by atoms with Gasteiger partial charge in [0, 0.05) is 28.2 Å². The Kier molecular flexibility index (Phi) is 5.66. The van der Waals surface area contributed by atoms with Gasteiger partial charge in [0.1, 0.15) is 6.54 Å². The lowest BCUT2D eigenvalue weighted by Crippen LogP contribution is -2.23. The lowest BCUT2D eigenvalue weighted by Gasteiger charge is -2.10. The van der Waals surface area contributed by atoms with E-state index in [0.717, 1.165) is 10.8 Å². The van der Waals surface area contributed by atoms with Gasteiger partial charge in [0.15, 0.2) is 6.61 Å². The summed E-state index contributed by atoms with van der Waals surface area (Å²) in [5.74, 6) is -1.51. The molecular weight excluding hydrogens is 396 g/mol. The normalized spacial score (nSPS) is 10.7. The van der Waals surface area contributed by atoms with Crippen molar-refractivity contribution >= 4 is 45.2 Å². The highest BCUT2D eigenvalue weighted by atomic mass is 16.5. The van der Waals surface area contributed by atoms with Crippen molar-refractivity contribution in [1.29, 1.82) is 0 Å². The molecule has 1 N–H and O–H groups in total. The van der Waals surface area contributed by atoms with Crippen LogP contribution in [0.4, 0.5) is 5.69 Å². The second-order valence-corrected chi connectivity index (χ2v) is 6.91. The van der Waals surface area contributed by atoms with Crippen molar-refractivity contribution in [3.63, 3.8) is 0 Å². The van der Waals surface area contributed by atoms with Gasteiger partial charge in [0.25, 0.3) is 5.91 Å². The van der Waals surface area contributed by atoms with Crippen LogP contribution in [-0.2, 0) is 25.6 Å². The number of methoxy groups -OCH3 is 1. The summed E-state index contributed by atoms with van der Waals surface area (Å²) >= 11 is 0. The van der Waals surface area contributed by atoms with Crippen LogP contribution in [0.3, 0.4) is 0 Å². The summed E-state index contributed by atoms with van der Waals surface area (Å²) in [6.45, 7) is -0.551. The Morgan fingerprint density at radius 1 is 0.903 bits per heavy atom. The number of fused-ring (bicyclic) bond motifs is 2. The molecule has 0 saturated heterocycles. The van der Waals surface area contributed by atoms with Gasteiger partial charge in [0.05, 0.1) is 12.7 Å². The molecule has 0 radical (unpaired) electrons. The maximum Gasteiger partial charge on any atom is 0.340 e. The molecule has 0 saturated carbocycles. The van der Waals surface area contributed by atoms with Gasteiger partial charge in [-0.3, -0.25) is 9.59 Å². The number of hydrogen-bond acceptors (Lipinski definition) is 5. The number of rotatable bonds is 6. The van der Waals surface area contributed by atoms with Crippen molar-refractivity contribution in [2.75, 3.05) is 19.0 Å². The number of carbonyl (C=O) groups excluding carboxylic acids is 3. The standard InChI is InChI=1S/C24H20N2O5/c1-30-24(29)19-13-26(21-12-5-4-10-18(19)21)14-23(28)31-15-22(27)25-20-11-6-8-16-7-2-3-9-17(16)20/h2-13H,14-15H2,1H3,(H,25,27). The Morgan fingerprint density at radius 2 is 1.61 bits per heavy atom. The third-order valence-electron chi connectivity index (χ3n) is 4.92. The molecule has 0 fully saturated rings. The van der Waals surface area contributed by atoms with E-state index in [1.165, 1.54) is 7.11 Å². The smallest absolute Gasteiger partial charge is 0.340 e. The van der Waals surface area contributed by atoms with Gasteiger partial charge in [-0.15, -0.1) is 0 Å². The van der Waals surface area contributed by atoms with Crippen LogP contribution in [0, 0.1) is 0 Å². The zero-order valence-corrected chi connectivity index (χ0v) is 16.8. The van der Waals surface area contributed by atoms with Crippen LogP contribution in [-0.4, -0.2) is 36.1 Å². The number of carbonyl (C=O) groups is 3. The van der Waals surface area contributed by atoms with Gasteiger partial charge in [-0.05, 0) is 17.5 Å². The second kappa shape index (κ2) is 8.71. The van der Waals surface area contributed by atoms with Crippen LogP contribution in [0.5, 0.6) is 0 Å². The van der Waals surface area contributed by atoms with E-state index in [1.54, 1.807) is 35.0 Å². The summed E-state index contributed by atoms with van der Waals surface area (Å²) in [4.78, 5) is 36.6. The van der Waals surface area contributed by atoms with Crippen LogP contribution >= 0.6 is 0 Å². The average Bonchev–Trinajstić information content (AvgIpc) is 3.16. The number of anilines is 1. The van der Waals surface area contributed by atoms with E-state index in [9.17, 15) is 14.4 Å². The fourth-order valence-corrected chi connectivity index (χ4v) is 3.50. The average molecular weight is 416 g/mol. The van der Waals surface area contributed by atoms with Crippen molar-refractivity contribution in [1.82, 2.24) is 4.57 Å². The number of benzene rings is 3. The van der Waals surface area contributed by atoms with Gasteiger partial charge in [-0.2, -0.15) is 0 Å². The van der Waals surface area contributed by atoms with Gasteiger partial charge in [0.2, 0.25) is 0 Å². The fraction of sp³-hybridized carbons (Fsp3) is 0.125. The molecular formula is C24H20N2O5. The maximum absolute atomic E-state index is 12.3. The van der Waals surface area contributed by atoms with E-state index in [4.69, 9.17) is 9.47 Å². The minimum Gasteiger partial charge on any atom is -0.465 e. The predicted molar refractivity (Wildman–Crippen MR) is 117 cm³/mol. The Hall–Kier alpha value is -4.13. The summed E-state index contributed by atoms with van der Waals surface area (Å²) in [7, 11) is 1.30. The lowest BCUT2D eigenvalue weighted by atomic mass is 10.1. The first-order chi connectivity index (χ1) is 15.1. The third-order valence-corrected chi connectivity index (χ3v) is 4.92. The summed E-state index contributed by atoms with van der Waals surface area (Å²) in [6, 6.07) is 20.5. The number of aromatic nitrogens is 1. The molecule has 0 unspecified atom stereocenters. The minimum absolute atomic E-state index is 0.140. The van der Waals surface area contributed by atoms with Crippen molar-refractivity contribution in [2.24, 2.45) is 0 Å². The maximum atomic E-state index is 12.3. The number of ether oxygens (including phenoxy) is 2. The molecule has 0 bridgehead atoms. The molecule has 4 rings (SSSR count). The fourth-order valence-electron chi connectivity index (χ4n) is 3.50. The highest BCUT2D eigenvalue weighted by Gasteiger charge is 2.17. The van der Waals surface area contributed by atoms with Gasteiger partial charge >= 0.3 is 11.9 Å². The van der Waals surface area contributed by atoms with E-state index in [-0.39, 0.29) is 6.54 Å². The topological polar surface area (TPSA) is 86.6 Å². The largest absolute Gasteiger partial charge is 0.465 e. The lowest BCUT2D eigenvalue weighted by molar-refractivity contribution is -0.147. The van der Waals surface area contributed by atoms with Crippen molar-refractivity contribution in [3.05, 3.63) is 78.5 Å². The molecule has 1 amide bonds. The number of para-hydroxylation sites is 1. The quantitative estimate of drug-likeness (QED) is 0.484. The highest BCUT2D eigenvalue weighted by Crippen LogP contribution is 2.23. The number of nitrogens with zero attached hydrogens (tertiary/aromatic N) is 1. The molecule has 7 nitrogen and oxygen atoms in total. The Bertz CT molecular complexity index is 1290. The molecule has 1 aromatic heterocycles. The number of hydrogen-bond donors (Lipinski definition) is 1. The first-order valence-corrected chi connectivity index (χ1v) is 9.66. The van der Waals surface area contributed by atoms with Crippen LogP contribution in [0.15, 0.2) is 72.9 Å². The molecule has 156 valence electrons. The van der Waals surface area contributed by atoms with Gasteiger partial charge in [-0.1, -0.05) is 54.6 Å². The van der Waals surface area contributed by atoms with E-state index in [1.807, 2.05) is 42.5 Å². The summed E-state index contributed by atoms with van der Waals surface area (Å²) in [5.41, 5.74) is 1.71. The third kappa shape index (κ3) is 4.25. The summed E-state index contributed by atoms with van der Waals surface area (Å²) in [5, 5.41) is 5.35. The Labute approximate surface area is 178 Å². The van der Waals surface area contributed by atoms with E-state index < -0.39 is 24.5 Å². The number of nitrogens with one attached hydrogen (secondary N) is 1. The predicted octanol–water partition coefficient (Wildman–Crippen LogP) is 3.76. The van der Waals surface area contributed by atoms with Gasteiger partial charge in [-0.25, -0.2) is 4.79 Å². The Balaban J connectivity index is 1.42. The first-order valence-electron chi connectivity index (χ1n) is 9.66. The number of amides is 1. The molecule has 7 heteroatoms. The highest BCUT2D eigenvalue weighted by molar-refractivity contribution is 6.05. The summed E-state index contributed by atoms with van der Waals surface area (Å²) < 4.78 is 11.6. The van der Waals surface area contributed by atoms with E-state index in [0.29, 0.717) is 22.2 Å². The van der Waals surface area contributed by atoms with Gasteiger partial charge < -0.3 is 19.4 Å². The van der Waals surface area contributed by atoms with Crippen molar-refractivity contribution < 1.29 is 23.9 Å². The molecule has 0 aliphatic heterocycles. The van der Waals surface area contributed by atoms with Crippen LogP contribution in [0.2, 0.25) is 0 Å². The van der Waals surface area contributed by atoms with Crippen LogP contribution < -0.4 is 5.32 Å². The molecule has 0 spiro atoms. The molecule has 0 atom stereocenters. The second-order valence-electron chi connectivity index (χ2n) is 6.91. The van der Waals surface area contributed by atoms with E-state index in [2.05, 4.69) is 5.32 Å². The number of esters is 2. The summed E-state index contributed by atoms with van der Waals surface area (Å²) in [6.07, 6.45) is 1.55. The SMILES string of the molecule is COC(=O)c1cn(CC(=O)OCC(=O)Nc2cccc3ccccc23)c2ccccc12. The zero-order chi connectivity index (χ0) is 21.8. The van der Waals surface area contributed by atoms with Crippen LogP contribution in [0.1, 0.15) is 10.4 Å². The van der Waals surface area contributed by atoms with E-state index >= 15 is 0 Å². The molecule has 1 heterocycles. The molecule has 3 aromatic carbocycles. The first kappa shape index (κ1) is 20.2. The molecule has 0 aliphatic carbocycles. The minimum atomic E-state index is -0.592. The molecule has 4 aromatic rings. The zero-order valence-electron chi connectivity index (χ0n) is 16.8. The van der Waals surface area contributed by atoms with Crippen molar-refractivity contribution in [3.8, 4) is 0 Å². The van der Waals surface area contributed by atoms with Crippen molar-refractivity contribution in [2.45, 2.75) is 6.54 Å². The molecule has 31 heavy (non-hydrogen) atoms. The monoisotopic (exact) mass is 416 g/mol.